The van der Waals surface area contributed by atoms with Crippen molar-refractivity contribution in [3.8, 4) is 0 Å². The van der Waals surface area contributed by atoms with E-state index in [4.69, 9.17) is 11.6 Å². The van der Waals surface area contributed by atoms with E-state index in [9.17, 15) is 0 Å². The number of hydrogen-bond donors (Lipinski definition) is 1. The van der Waals surface area contributed by atoms with Gasteiger partial charge in [-0.15, -0.1) is 0 Å². The second-order valence-corrected chi connectivity index (χ2v) is 2.70. The first-order valence-corrected chi connectivity index (χ1v) is 3.98. The van der Waals surface area contributed by atoms with Crippen molar-refractivity contribution >= 4 is 17.4 Å². The highest BCUT2D eigenvalue weighted by molar-refractivity contribution is 6.30. The summed E-state index contributed by atoms with van der Waals surface area (Å²) in [5, 5.41) is 3.70. The highest BCUT2D eigenvalue weighted by Gasteiger charge is 1.99. The Hall–Kier alpha value is -0.760. The minimum Gasteiger partial charge on any atom is -0.373 e. The summed E-state index contributed by atoms with van der Waals surface area (Å²) in [5.41, 5.74) is 1.15. The number of halogens is 1. The molecule has 0 aliphatic carbocycles. The lowest BCUT2D eigenvalue weighted by Crippen LogP contribution is -1.96. The monoisotopic (exact) mass is 170 g/mol. The molecule has 1 N–H and O–H groups in total. The number of hydrogen-bond acceptors (Lipinski definition) is 2. The summed E-state index contributed by atoms with van der Waals surface area (Å²) < 4.78 is 0. The van der Waals surface area contributed by atoms with Gasteiger partial charge in [0.25, 0.3) is 0 Å². The average molecular weight is 171 g/mol. The van der Waals surface area contributed by atoms with Crippen LogP contribution in [-0.4, -0.2) is 12.0 Å². The van der Waals surface area contributed by atoms with Crippen molar-refractivity contribution in [1.82, 2.24) is 4.98 Å². The molecule has 0 aromatic carbocycles. The van der Waals surface area contributed by atoms with Crippen LogP contribution in [0.4, 0.5) is 5.82 Å². The molecule has 0 bridgehead atoms. The average Bonchev–Trinajstić information content (AvgIpc) is 2.04. The van der Waals surface area contributed by atoms with Gasteiger partial charge in [0.2, 0.25) is 0 Å². The normalized spacial score (nSPS) is 9.73. The van der Waals surface area contributed by atoms with Gasteiger partial charge in [0.1, 0.15) is 5.82 Å². The van der Waals surface area contributed by atoms with Crippen LogP contribution in [0.25, 0.3) is 0 Å². The molecule has 60 valence electrons. The van der Waals surface area contributed by atoms with Crippen LogP contribution in [0, 0.1) is 0 Å². The maximum absolute atomic E-state index is 5.76. The molecule has 0 fully saturated rings. The van der Waals surface area contributed by atoms with Gasteiger partial charge in [-0.05, 0) is 18.1 Å². The third-order valence-electron chi connectivity index (χ3n) is 1.55. The summed E-state index contributed by atoms with van der Waals surface area (Å²) in [7, 11) is 1.86. The van der Waals surface area contributed by atoms with E-state index in [1.165, 1.54) is 0 Å². The number of aromatic nitrogens is 1. The van der Waals surface area contributed by atoms with Gasteiger partial charge in [-0.1, -0.05) is 18.5 Å². The summed E-state index contributed by atoms with van der Waals surface area (Å²) in [6.07, 6.45) is 2.59. The molecule has 0 radical (unpaired) electrons. The third-order valence-corrected chi connectivity index (χ3v) is 1.76. The smallest absolute Gasteiger partial charge is 0.128 e. The number of nitrogens with zero attached hydrogens (tertiary/aromatic N) is 1. The molecular weight excluding hydrogens is 160 g/mol. The predicted molar refractivity (Wildman–Crippen MR) is 48.2 cm³/mol. The van der Waals surface area contributed by atoms with Crippen LogP contribution in [0.5, 0.6) is 0 Å². The zero-order valence-corrected chi connectivity index (χ0v) is 7.44. The zero-order valence-electron chi connectivity index (χ0n) is 6.69. The first-order valence-electron chi connectivity index (χ1n) is 3.60. The molecular formula is C8H11ClN2. The maximum Gasteiger partial charge on any atom is 0.128 e. The van der Waals surface area contributed by atoms with Crippen LogP contribution in [0.3, 0.4) is 0 Å². The predicted octanol–water partition coefficient (Wildman–Crippen LogP) is 2.34. The molecule has 0 atom stereocenters. The molecule has 0 saturated carbocycles. The maximum atomic E-state index is 5.76. The minimum absolute atomic E-state index is 0.695. The fraction of sp³-hybridized carbons (Fsp3) is 0.375. The largest absolute Gasteiger partial charge is 0.373 e. The first-order chi connectivity index (χ1) is 5.27. The summed E-state index contributed by atoms with van der Waals surface area (Å²) in [4.78, 5) is 4.12. The topological polar surface area (TPSA) is 24.9 Å². The summed E-state index contributed by atoms with van der Waals surface area (Å²) >= 11 is 5.76. The van der Waals surface area contributed by atoms with Gasteiger partial charge in [-0.2, -0.15) is 0 Å². The Morgan fingerprint density at radius 1 is 1.64 bits per heavy atom. The van der Waals surface area contributed by atoms with Crippen LogP contribution < -0.4 is 5.32 Å². The fourth-order valence-corrected chi connectivity index (χ4v) is 1.16. The number of rotatable bonds is 2. The van der Waals surface area contributed by atoms with Crippen LogP contribution >= 0.6 is 11.6 Å². The molecule has 1 heterocycles. The van der Waals surface area contributed by atoms with Gasteiger partial charge >= 0.3 is 0 Å². The molecule has 0 aliphatic rings. The van der Waals surface area contributed by atoms with Gasteiger partial charge in [0.15, 0.2) is 0 Å². The standard InChI is InChI=1S/C8H11ClN2/c1-3-6-4-7(9)5-11-8(6)10-2/h4-5H,3H2,1-2H3,(H,10,11). The molecule has 0 unspecified atom stereocenters. The van der Waals surface area contributed by atoms with Crippen molar-refractivity contribution in [2.45, 2.75) is 13.3 Å². The van der Waals surface area contributed by atoms with Crippen LogP contribution in [0.15, 0.2) is 12.3 Å². The van der Waals surface area contributed by atoms with E-state index in [-0.39, 0.29) is 0 Å². The zero-order chi connectivity index (χ0) is 8.27. The Labute approximate surface area is 71.6 Å². The van der Waals surface area contributed by atoms with Crippen molar-refractivity contribution in [1.29, 1.82) is 0 Å². The third kappa shape index (κ3) is 1.84. The van der Waals surface area contributed by atoms with E-state index in [0.29, 0.717) is 5.02 Å². The van der Waals surface area contributed by atoms with Gasteiger partial charge in [-0.25, -0.2) is 4.98 Å². The van der Waals surface area contributed by atoms with E-state index in [2.05, 4.69) is 17.2 Å². The fourth-order valence-electron chi connectivity index (χ4n) is 0.976. The molecule has 1 aromatic heterocycles. The van der Waals surface area contributed by atoms with Crippen molar-refractivity contribution in [2.24, 2.45) is 0 Å². The van der Waals surface area contributed by atoms with Crippen molar-refractivity contribution < 1.29 is 0 Å². The molecule has 1 rings (SSSR count). The van der Waals surface area contributed by atoms with Crippen LogP contribution in [0.2, 0.25) is 5.02 Å². The molecule has 2 nitrogen and oxygen atoms in total. The SMILES string of the molecule is CCc1cc(Cl)cnc1NC. The van der Waals surface area contributed by atoms with E-state index >= 15 is 0 Å². The van der Waals surface area contributed by atoms with Gasteiger partial charge < -0.3 is 5.32 Å². The molecule has 0 aliphatic heterocycles. The number of pyridine rings is 1. The van der Waals surface area contributed by atoms with Crippen molar-refractivity contribution in [2.75, 3.05) is 12.4 Å². The molecule has 0 spiro atoms. The van der Waals surface area contributed by atoms with E-state index in [1.54, 1.807) is 6.20 Å². The van der Waals surface area contributed by atoms with Crippen molar-refractivity contribution in [3.05, 3.63) is 22.8 Å². The Balaban J connectivity index is 3.06. The second-order valence-electron chi connectivity index (χ2n) is 2.26. The number of nitrogens with one attached hydrogen (secondary N) is 1. The number of aryl methyl sites for hydroxylation is 1. The van der Waals surface area contributed by atoms with Crippen molar-refractivity contribution in [3.63, 3.8) is 0 Å². The molecule has 1 aromatic rings. The van der Waals surface area contributed by atoms with E-state index in [1.807, 2.05) is 13.1 Å². The van der Waals surface area contributed by atoms with E-state index in [0.717, 1.165) is 17.8 Å². The Bertz CT molecular complexity index is 248. The van der Waals surface area contributed by atoms with Crippen LogP contribution in [0.1, 0.15) is 12.5 Å². The molecule has 11 heavy (non-hydrogen) atoms. The Morgan fingerprint density at radius 3 is 2.91 bits per heavy atom. The summed E-state index contributed by atoms with van der Waals surface area (Å²) in [6, 6.07) is 1.93. The lowest BCUT2D eigenvalue weighted by molar-refractivity contribution is 1.10. The Morgan fingerprint density at radius 2 is 2.36 bits per heavy atom. The molecule has 0 amide bonds. The van der Waals surface area contributed by atoms with E-state index < -0.39 is 0 Å². The second kappa shape index (κ2) is 3.58. The molecule has 0 saturated heterocycles. The summed E-state index contributed by atoms with van der Waals surface area (Å²) in [5.74, 6) is 0.914. The highest BCUT2D eigenvalue weighted by Crippen LogP contribution is 2.16. The van der Waals surface area contributed by atoms with Gasteiger partial charge in [-0.3, -0.25) is 0 Å². The molecule has 3 heteroatoms. The quantitative estimate of drug-likeness (QED) is 0.737. The van der Waals surface area contributed by atoms with Gasteiger partial charge in [0, 0.05) is 13.2 Å². The first kappa shape index (κ1) is 8.34. The summed E-state index contributed by atoms with van der Waals surface area (Å²) in [6.45, 7) is 2.08. The van der Waals surface area contributed by atoms with Crippen LogP contribution in [-0.2, 0) is 6.42 Å². The van der Waals surface area contributed by atoms with Gasteiger partial charge in [0.05, 0.1) is 5.02 Å². The Kier molecular flexibility index (Phi) is 2.71. The minimum atomic E-state index is 0.695. The lowest BCUT2D eigenvalue weighted by Gasteiger charge is -2.04. The lowest BCUT2D eigenvalue weighted by atomic mass is 10.2. The number of anilines is 1. The highest BCUT2D eigenvalue weighted by atomic mass is 35.5.